The van der Waals surface area contributed by atoms with Gasteiger partial charge in [-0.05, 0) is 18.6 Å². The van der Waals surface area contributed by atoms with E-state index in [2.05, 4.69) is 10.3 Å². The second-order valence-electron chi connectivity index (χ2n) is 4.15. The van der Waals surface area contributed by atoms with Crippen LogP contribution < -0.4 is 5.32 Å². The number of benzene rings is 1. The third kappa shape index (κ3) is 2.65. The molecule has 1 unspecified atom stereocenters. The summed E-state index contributed by atoms with van der Waals surface area (Å²) in [6, 6.07) is 9.19. The van der Waals surface area contributed by atoms with Gasteiger partial charge >= 0.3 is 0 Å². The predicted octanol–water partition coefficient (Wildman–Crippen LogP) is 1.74. The monoisotopic (exact) mass is 244 g/mol. The van der Waals surface area contributed by atoms with Crippen molar-refractivity contribution in [3.05, 3.63) is 42.1 Å². The van der Waals surface area contributed by atoms with E-state index in [1.807, 2.05) is 31.2 Å². The van der Waals surface area contributed by atoms with E-state index in [1.165, 1.54) is 0 Å². The lowest BCUT2D eigenvalue weighted by molar-refractivity contribution is 0.0915. The molecule has 0 spiro atoms. The van der Waals surface area contributed by atoms with Gasteiger partial charge in [0, 0.05) is 18.1 Å². The zero-order valence-electron chi connectivity index (χ0n) is 10.3. The molecular weight excluding hydrogens is 228 g/mol. The van der Waals surface area contributed by atoms with Gasteiger partial charge in [-0.3, -0.25) is 9.78 Å². The second kappa shape index (κ2) is 5.60. The molecule has 4 nitrogen and oxygen atoms in total. The molecule has 0 saturated carbocycles. The number of amides is 1. The van der Waals surface area contributed by atoms with Crippen molar-refractivity contribution in [1.29, 1.82) is 0 Å². The molecule has 0 bridgehead atoms. The predicted molar refractivity (Wildman–Crippen MR) is 70.4 cm³/mol. The summed E-state index contributed by atoms with van der Waals surface area (Å²) in [5.74, 6) is -0.180. The molecule has 0 fully saturated rings. The molecule has 1 amide bonds. The van der Waals surface area contributed by atoms with Crippen LogP contribution in [0.5, 0.6) is 0 Å². The first-order valence-corrected chi connectivity index (χ1v) is 6.02. The van der Waals surface area contributed by atoms with Gasteiger partial charge in [0.25, 0.3) is 5.91 Å². The lowest BCUT2D eigenvalue weighted by Crippen LogP contribution is -2.31. The molecule has 2 rings (SSSR count). The number of carbonyl (C=O) groups excluding carboxylic acids is 1. The van der Waals surface area contributed by atoms with E-state index in [0.717, 1.165) is 10.9 Å². The summed E-state index contributed by atoms with van der Waals surface area (Å²) in [4.78, 5) is 16.2. The van der Waals surface area contributed by atoms with Gasteiger partial charge in [0.05, 0.1) is 17.2 Å². The zero-order valence-corrected chi connectivity index (χ0v) is 10.3. The summed E-state index contributed by atoms with van der Waals surface area (Å²) in [6.07, 6.45) is 1.74. The van der Waals surface area contributed by atoms with Gasteiger partial charge in [-0.25, -0.2) is 0 Å². The number of nitrogens with zero attached hydrogens (tertiary/aromatic N) is 1. The number of rotatable bonds is 4. The molecule has 4 heteroatoms. The highest BCUT2D eigenvalue weighted by Crippen LogP contribution is 2.15. The number of fused-ring (bicyclic) bond motifs is 1. The van der Waals surface area contributed by atoms with Crippen LogP contribution in [0.15, 0.2) is 36.5 Å². The average molecular weight is 244 g/mol. The topological polar surface area (TPSA) is 62.2 Å². The zero-order chi connectivity index (χ0) is 13.0. The highest BCUT2D eigenvalue weighted by atomic mass is 16.3. The Bertz CT molecular complexity index is 549. The number of hydrogen-bond donors (Lipinski definition) is 2. The van der Waals surface area contributed by atoms with Gasteiger partial charge in [0.1, 0.15) is 0 Å². The summed E-state index contributed by atoms with van der Waals surface area (Å²) in [5.41, 5.74) is 1.38. The van der Waals surface area contributed by atoms with Crippen molar-refractivity contribution in [3.8, 4) is 0 Å². The maximum atomic E-state index is 12.0. The van der Waals surface area contributed by atoms with Crippen LogP contribution in [0.1, 0.15) is 23.7 Å². The van der Waals surface area contributed by atoms with Crippen molar-refractivity contribution in [3.63, 3.8) is 0 Å². The SMILES string of the molecule is CCC(O)CNC(=O)c1ccnc2ccccc12. The number of aromatic nitrogens is 1. The summed E-state index contributed by atoms with van der Waals surface area (Å²) < 4.78 is 0. The van der Waals surface area contributed by atoms with Gasteiger partial charge in [0.15, 0.2) is 0 Å². The van der Waals surface area contributed by atoms with Crippen LogP contribution in [0, 0.1) is 0 Å². The normalized spacial score (nSPS) is 12.3. The van der Waals surface area contributed by atoms with E-state index < -0.39 is 6.10 Å². The minimum Gasteiger partial charge on any atom is -0.391 e. The number of aliphatic hydroxyl groups is 1. The molecule has 94 valence electrons. The van der Waals surface area contributed by atoms with Crippen molar-refractivity contribution in [2.75, 3.05) is 6.54 Å². The fourth-order valence-corrected chi connectivity index (χ4v) is 1.74. The Morgan fingerprint density at radius 1 is 1.39 bits per heavy atom. The molecule has 1 atom stereocenters. The van der Waals surface area contributed by atoms with Crippen LogP contribution in [0.3, 0.4) is 0 Å². The summed E-state index contributed by atoms with van der Waals surface area (Å²) in [5, 5.41) is 13.0. The van der Waals surface area contributed by atoms with Crippen molar-refractivity contribution in [2.45, 2.75) is 19.4 Å². The molecule has 1 aromatic carbocycles. The number of aliphatic hydroxyl groups excluding tert-OH is 1. The molecule has 18 heavy (non-hydrogen) atoms. The Balaban J connectivity index is 2.22. The van der Waals surface area contributed by atoms with Crippen LogP contribution in [-0.2, 0) is 0 Å². The molecule has 1 heterocycles. The molecule has 0 saturated heterocycles. The van der Waals surface area contributed by atoms with Crippen molar-refractivity contribution >= 4 is 16.8 Å². The fraction of sp³-hybridized carbons (Fsp3) is 0.286. The molecular formula is C14H16N2O2. The quantitative estimate of drug-likeness (QED) is 0.861. The van der Waals surface area contributed by atoms with Crippen LogP contribution in [0.2, 0.25) is 0 Å². The highest BCUT2D eigenvalue weighted by molar-refractivity contribution is 6.05. The van der Waals surface area contributed by atoms with Gasteiger partial charge in [0.2, 0.25) is 0 Å². The lowest BCUT2D eigenvalue weighted by Gasteiger charge is -2.10. The highest BCUT2D eigenvalue weighted by Gasteiger charge is 2.11. The van der Waals surface area contributed by atoms with Gasteiger partial charge in [-0.1, -0.05) is 25.1 Å². The minimum atomic E-state index is -0.498. The van der Waals surface area contributed by atoms with E-state index in [0.29, 0.717) is 12.0 Å². The summed E-state index contributed by atoms with van der Waals surface area (Å²) in [7, 11) is 0. The maximum absolute atomic E-state index is 12.0. The van der Waals surface area contributed by atoms with Crippen LogP contribution in [0.4, 0.5) is 0 Å². The van der Waals surface area contributed by atoms with E-state index in [4.69, 9.17) is 0 Å². The molecule has 0 aliphatic heterocycles. The molecule has 0 aliphatic carbocycles. The smallest absolute Gasteiger partial charge is 0.252 e. The van der Waals surface area contributed by atoms with Crippen LogP contribution in [0.25, 0.3) is 10.9 Å². The lowest BCUT2D eigenvalue weighted by atomic mass is 10.1. The molecule has 0 radical (unpaired) electrons. The fourth-order valence-electron chi connectivity index (χ4n) is 1.74. The number of para-hydroxylation sites is 1. The Hall–Kier alpha value is -1.94. The third-order valence-electron chi connectivity index (χ3n) is 2.86. The van der Waals surface area contributed by atoms with Crippen LogP contribution >= 0.6 is 0 Å². The van der Waals surface area contributed by atoms with E-state index in [-0.39, 0.29) is 12.5 Å². The minimum absolute atomic E-state index is 0.180. The largest absolute Gasteiger partial charge is 0.391 e. The van der Waals surface area contributed by atoms with Gasteiger partial charge < -0.3 is 10.4 Å². The first kappa shape index (κ1) is 12.5. The van der Waals surface area contributed by atoms with Crippen molar-refractivity contribution in [1.82, 2.24) is 10.3 Å². The van der Waals surface area contributed by atoms with Gasteiger partial charge in [-0.15, -0.1) is 0 Å². The Kier molecular flexibility index (Phi) is 3.89. The van der Waals surface area contributed by atoms with E-state index in [9.17, 15) is 9.90 Å². The van der Waals surface area contributed by atoms with Gasteiger partial charge in [-0.2, -0.15) is 0 Å². The first-order chi connectivity index (χ1) is 8.72. The Morgan fingerprint density at radius 2 is 2.17 bits per heavy atom. The average Bonchev–Trinajstić information content (AvgIpc) is 2.43. The number of nitrogens with one attached hydrogen (secondary N) is 1. The summed E-state index contributed by atoms with van der Waals surface area (Å²) in [6.45, 7) is 2.14. The third-order valence-corrected chi connectivity index (χ3v) is 2.86. The molecule has 2 N–H and O–H groups in total. The number of carbonyl (C=O) groups is 1. The molecule has 2 aromatic rings. The van der Waals surface area contributed by atoms with E-state index >= 15 is 0 Å². The van der Waals surface area contributed by atoms with Crippen LogP contribution in [-0.4, -0.2) is 28.6 Å². The summed E-state index contributed by atoms with van der Waals surface area (Å²) >= 11 is 0. The Morgan fingerprint density at radius 3 is 2.94 bits per heavy atom. The maximum Gasteiger partial charge on any atom is 0.252 e. The first-order valence-electron chi connectivity index (χ1n) is 6.02. The second-order valence-corrected chi connectivity index (χ2v) is 4.15. The van der Waals surface area contributed by atoms with E-state index in [1.54, 1.807) is 12.3 Å². The van der Waals surface area contributed by atoms with Crippen molar-refractivity contribution in [2.24, 2.45) is 0 Å². The molecule has 0 aliphatic rings. The number of hydrogen-bond acceptors (Lipinski definition) is 3. The molecule has 1 aromatic heterocycles. The standard InChI is InChI=1S/C14H16N2O2/c1-2-10(17)9-16-14(18)12-7-8-15-13-6-4-3-5-11(12)13/h3-8,10,17H,2,9H2,1H3,(H,16,18). The number of pyridine rings is 1. The van der Waals surface area contributed by atoms with Crippen molar-refractivity contribution < 1.29 is 9.90 Å². The Labute approximate surface area is 106 Å².